The highest BCUT2D eigenvalue weighted by atomic mass is 32.2. The molecule has 0 radical (unpaired) electrons. The van der Waals surface area contributed by atoms with Gasteiger partial charge in [-0.2, -0.15) is 0 Å². The second kappa shape index (κ2) is 10.6. The molecular formula is C25H28N2O6S. The minimum Gasteiger partial charge on any atom is -0.497 e. The number of ether oxygens (including phenoxy) is 1. The van der Waals surface area contributed by atoms with Crippen LogP contribution in [-0.2, 0) is 16.6 Å². The van der Waals surface area contributed by atoms with Crippen molar-refractivity contribution in [2.24, 2.45) is 0 Å². The molecular weight excluding hydrogens is 456 g/mol. The fraction of sp³-hybridized carbons (Fsp3) is 0.280. The number of methoxy groups -OCH3 is 1. The maximum atomic E-state index is 13.4. The predicted molar refractivity (Wildman–Crippen MR) is 127 cm³/mol. The molecule has 34 heavy (non-hydrogen) atoms. The van der Waals surface area contributed by atoms with Crippen LogP contribution in [0.5, 0.6) is 5.75 Å². The molecule has 2 aromatic carbocycles. The Kier molecular flexibility index (Phi) is 7.78. The largest absolute Gasteiger partial charge is 0.497 e. The summed E-state index contributed by atoms with van der Waals surface area (Å²) in [6.07, 6.45) is 3.28. The lowest BCUT2D eigenvalue weighted by Gasteiger charge is -2.23. The van der Waals surface area contributed by atoms with E-state index in [9.17, 15) is 18.0 Å². The van der Waals surface area contributed by atoms with E-state index < -0.39 is 15.9 Å². The van der Waals surface area contributed by atoms with Gasteiger partial charge in [0.25, 0.3) is 21.8 Å². The highest BCUT2D eigenvalue weighted by Gasteiger charge is 2.24. The predicted octanol–water partition coefficient (Wildman–Crippen LogP) is 4.08. The summed E-state index contributed by atoms with van der Waals surface area (Å²) in [5.41, 5.74) is 2.46. The van der Waals surface area contributed by atoms with E-state index in [2.05, 4.69) is 0 Å². The molecule has 8 nitrogen and oxygen atoms in total. The number of aryl methyl sites for hydroxylation is 2. The molecule has 1 N–H and O–H groups in total. The first-order chi connectivity index (χ1) is 16.2. The minimum absolute atomic E-state index is 0.126. The van der Waals surface area contributed by atoms with Gasteiger partial charge in [0, 0.05) is 24.2 Å². The lowest BCUT2D eigenvalue weighted by atomic mass is 10.1. The molecule has 180 valence electrons. The number of carbonyl (C=O) groups excluding carboxylic acids is 2. The second-order valence-corrected chi connectivity index (χ2v) is 9.64. The number of benzene rings is 2. The van der Waals surface area contributed by atoms with Crippen LogP contribution in [0.2, 0.25) is 0 Å². The van der Waals surface area contributed by atoms with E-state index in [0.29, 0.717) is 24.2 Å². The summed E-state index contributed by atoms with van der Waals surface area (Å²) in [6.45, 7) is 6.21. The maximum Gasteiger partial charge on any atom is 0.268 e. The summed E-state index contributed by atoms with van der Waals surface area (Å²) >= 11 is 0. The summed E-state index contributed by atoms with van der Waals surface area (Å²) in [5, 5.41) is 0. The lowest BCUT2D eigenvalue weighted by Crippen LogP contribution is -2.33. The van der Waals surface area contributed by atoms with E-state index in [1.165, 1.54) is 24.7 Å². The van der Waals surface area contributed by atoms with Gasteiger partial charge in [0.2, 0.25) is 0 Å². The lowest BCUT2D eigenvalue weighted by molar-refractivity contribution is 0.0742. The molecule has 0 aliphatic carbocycles. The Morgan fingerprint density at radius 1 is 1.00 bits per heavy atom. The first-order valence-electron chi connectivity index (χ1n) is 10.8. The molecule has 0 unspecified atom stereocenters. The van der Waals surface area contributed by atoms with E-state index in [0.717, 1.165) is 17.7 Å². The van der Waals surface area contributed by atoms with E-state index >= 15 is 0 Å². The van der Waals surface area contributed by atoms with Crippen LogP contribution in [0.3, 0.4) is 0 Å². The molecule has 0 atom stereocenters. The average molecular weight is 485 g/mol. The van der Waals surface area contributed by atoms with Gasteiger partial charge in [0.05, 0.1) is 23.8 Å². The Morgan fingerprint density at radius 3 is 2.29 bits per heavy atom. The molecule has 3 aromatic rings. The first kappa shape index (κ1) is 25.0. The van der Waals surface area contributed by atoms with Crippen LogP contribution in [0.4, 0.5) is 0 Å². The molecule has 1 aromatic heterocycles. The van der Waals surface area contributed by atoms with Crippen LogP contribution in [0.1, 0.15) is 50.8 Å². The SMILES string of the molecule is CCCN(Cc1ccc(OC)cc1)C(=O)c1cc(S(=O)(=O)NC(=O)c2cocc2C)ccc1C. The van der Waals surface area contributed by atoms with Crippen molar-refractivity contribution >= 4 is 21.8 Å². The number of sulfonamides is 1. The van der Waals surface area contributed by atoms with Crippen LogP contribution >= 0.6 is 0 Å². The van der Waals surface area contributed by atoms with Crippen molar-refractivity contribution in [3.05, 3.63) is 82.8 Å². The summed E-state index contributed by atoms with van der Waals surface area (Å²) in [4.78, 5) is 27.3. The normalized spacial score (nSPS) is 11.2. The number of carbonyl (C=O) groups is 2. The highest BCUT2D eigenvalue weighted by molar-refractivity contribution is 7.90. The molecule has 0 spiro atoms. The Hall–Kier alpha value is -3.59. The third kappa shape index (κ3) is 5.66. The van der Waals surface area contributed by atoms with Crippen molar-refractivity contribution in [1.82, 2.24) is 9.62 Å². The number of hydrogen-bond donors (Lipinski definition) is 1. The standard InChI is InChI=1S/C25H28N2O6S/c1-5-12-27(14-19-7-9-20(32-4)10-8-19)25(29)22-13-21(11-6-17(22)2)34(30,31)26-24(28)23-16-33-15-18(23)3/h6-11,13,15-16H,5,12,14H2,1-4H3,(H,26,28). The molecule has 0 aliphatic heterocycles. The van der Waals surface area contributed by atoms with Crippen LogP contribution in [0.15, 0.2) is 64.3 Å². The van der Waals surface area contributed by atoms with Gasteiger partial charge in [0.1, 0.15) is 12.0 Å². The fourth-order valence-electron chi connectivity index (χ4n) is 3.47. The average Bonchev–Trinajstić information content (AvgIpc) is 3.24. The van der Waals surface area contributed by atoms with Gasteiger partial charge in [-0.05, 0) is 55.7 Å². The van der Waals surface area contributed by atoms with Gasteiger partial charge in [-0.25, -0.2) is 13.1 Å². The van der Waals surface area contributed by atoms with Crippen LogP contribution in [0, 0.1) is 13.8 Å². The number of hydrogen-bond acceptors (Lipinski definition) is 6. The quantitative estimate of drug-likeness (QED) is 0.491. The number of furan rings is 1. The molecule has 0 aliphatic rings. The second-order valence-electron chi connectivity index (χ2n) is 7.95. The van der Waals surface area contributed by atoms with E-state index in [4.69, 9.17) is 9.15 Å². The first-order valence-corrected chi connectivity index (χ1v) is 12.3. The zero-order chi connectivity index (χ0) is 24.9. The Morgan fingerprint density at radius 2 is 1.71 bits per heavy atom. The fourth-order valence-corrected chi connectivity index (χ4v) is 4.46. The van der Waals surface area contributed by atoms with Crippen LogP contribution < -0.4 is 9.46 Å². The van der Waals surface area contributed by atoms with Crippen molar-refractivity contribution in [1.29, 1.82) is 0 Å². The van der Waals surface area contributed by atoms with Gasteiger partial charge in [-0.1, -0.05) is 25.1 Å². The van der Waals surface area contributed by atoms with E-state index in [1.807, 2.05) is 35.9 Å². The molecule has 0 saturated heterocycles. The van der Waals surface area contributed by atoms with Gasteiger partial charge < -0.3 is 14.1 Å². The molecule has 0 saturated carbocycles. The van der Waals surface area contributed by atoms with Crippen LogP contribution in [-0.4, -0.2) is 38.8 Å². The summed E-state index contributed by atoms with van der Waals surface area (Å²) < 4.78 is 37.9. The zero-order valence-corrected chi connectivity index (χ0v) is 20.4. The third-order valence-corrected chi connectivity index (χ3v) is 6.72. The number of rotatable bonds is 9. The highest BCUT2D eigenvalue weighted by Crippen LogP contribution is 2.21. The Balaban J connectivity index is 1.87. The molecule has 2 amide bonds. The van der Waals surface area contributed by atoms with Crippen LogP contribution in [0.25, 0.3) is 0 Å². The molecule has 3 rings (SSSR count). The van der Waals surface area contributed by atoms with Crippen molar-refractivity contribution < 1.29 is 27.2 Å². The summed E-state index contributed by atoms with van der Waals surface area (Å²) in [6, 6.07) is 11.7. The third-order valence-electron chi connectivity index (χ3n) is 5.39. The summed E-state index contributed by atoms with van der Waals surface area (Å²) in [5.74, 6) is -0.366. The molecule has 0 fully saturated rings. The summed E-state index contributed by atoms with van der Waals surface area (Å²) in [7, 11) is -2.62. The zero-order valence-electron chi connectivity index (χ0n) is 19.6. The van der Waals surface area contributed by atoms with Gasteiger partial charge in [0.15, 0.2) is 0 Å². The monoisotopic (exact) mass is 484 g/mol. The van der Waals surface area contributed by atoms with E-state index in [-0.39, 0.29) is 21.9 Å². The van der Waals surface area contributed by atoms with Crippen molar-refractivity contribution in [2.75, 3.05) is 13.7 Å². The maximum absolute atomic E-state index is 13.4. The smallest absolute Gasteiger partial charge is 0.268 e. The van der Waals surface area contributed by atoms with Gasteiger partial charge >= 0.3 is 0 Å². The van der Waals surface area contributed by atoms with Gasteiger partial charge in [-0.3, -0.25) is 9.59 Å². The van der Waals surface area contributed by atoms with Gasteiger partial charge in [-0.15, -0.1) is 0 Å². The molecule has 0 bridgehead atoms. The van der Waals surface area contributed by atoms with E-state index in [1.54, 1.807) is 31.9 Å². The Labute approximate surface area is 199 Å². The number of nitrogens with one attached hydrogen (secondary N) is 1. The van der Waals surface area contributed by atoms with Crippen molar-refractivity contribution in [3.63, 3.8) is 0 Å². The number of nitrogens with zero attached hydrogens (tertiary/aromatic N) is 1. The number of amides is 2. The Bertz CT molecular complexity index is 1280. The topological polar surface area (TPSA) is 106 Å². The molecule has 1 heterocycles. The minimum atomic E-state index is -4.21. The molecule has 9 heteroatoms. The van der Waals surface area contributed by atoms with Crippen molar-refractivity contribution in [2.45, 2.75) is 38.6 Å². The van der Waals surface area contributed by atoms with Crippen molar-refractivity contribution in [3.8, 4) is 5.75 Å².